The summed E-state index contributed by atoms with van der Waals surface area (Å²) in [6.45, 7) is 0. The first-order valence-corrected chi connectivity index (χ1v) is 8.98. The van der Waals surface area contributed by atoms with Crippen molar-refractivity contribution < 1.29 is 24.0 Å². The molecular weight excluding hydrogens is 390 g/mol. The van der Waals surface area contributed by atoms with E-state index in [1.165, 1.54) is 32.4 Å². The fourth-order valence-electron chi connectivity index (χ4n) is 3.02. The van der Waals surface area contributed by atoms with Crippen molar-refractivity contribution in [2.75, 3.05) is 14.2 Å². The molecule has 154 valence electrons. The molecule has 30 heavy (non-hydrogen) atoms. The van der Waals surface area contributed by atoms with Gasteiger partial charge in [0.1, 0.15) is 17.5 Å². The minimum atomic E-state index is -1.09. The number of nitro benzene ring substituents is 1. The van der Waals surface area contributed by atoms with Crippen LogP contribution in [0.25, 0.3) is 10.9 Å². The Hall–Kier alpha value is -4.01. The zero-order valence-corrected chi connectivity index (χ0v) is 16.3. The van der Waals surface area contributed by atoms with Crippen LogP contribution in [0.4, 0.5) is 5.69 Å². The zero-order valence-electron chi connectivity index (χ0n) is 16.3. The van der Waals surface area contributed by atoms with Crippen LogP contribution in [0, 0.1) is 10.1 Å². The Labute approximate surface area is 171 Å². The number of amides is 1. The number of fused-ring (bicyclic) bond motifs is 1. The average Bonchev–Trinajstić information content (AvgIpc) is 2.77. The number of ether oxygens (including phenoxy) is 2. The summed E-state index contributed by atoms with van der Waals surface area (Å²) >= 11 is 0. The molecule has 0 spiro atoms. The largest absolute Gasteiger partial charge is 0.496 e. The molecule has 9 nitrogen and oxygen atoms in total. The summed E-state index contributed by atoms with van der Waals surface area (Å²) in [6, 6.07) is 13.6. The van der Waals surface area contributed by atoms with Crippen LogP contribution < -0.4 is 10.1 Å². The summed E-state index contributed by atoms with van der Waals surface area (Å²) in [5.74, 6) is -0.911. The standard InChI is InChI=1S/C21H19N3O6/c1-29-19-10-8-15(24(27)28)11-14(19)12-18(21(26)30-2)23-20(25)17-9-7-13-5-3-4-6-16(13)22-17/h3-11,18H,12H2,1-2H3,(H,23,25)/t18-/m1/s1. The highest BCUT2D eigenvalue weighted by Crippen LogP contribution is 2.25. The van der Waals surface area contributed by atoms with Gasteiger partial charge in [-0.25, -0.2) is 9.78 Å². The molecule has 1 heterocycles. The summed E-state index contributed by atoms with van der Waals surface area (Å²) in [4.78, 5) is 39.9. The normalized spacial score (nSPS) is 11.5. The summed E-state index contributed by atoms with van der Waals surface area (Å²) in [7, 11) is 2.61. The minimum Gasteiger partial charge on any atom is -0.496 e. The van der Waals surface area contributed by atoms with Gasteiger partial charge >= 0.3 is 5.97 Å². The molecule has 3 aromatic rings. The first kappa shape index (κ1) is 20.7. The number of nitrogens with one attached hydrogen (secondary N) is 1. The number of non-ortho nitro benzene ring substituents is 1. The number of nitrogens with zero attached hydrogens (tertiary/aromatic N) is 2. The number of rotatable bonds is 7. The molecule has 1 aromatic heterocycles. The number of hydrogen-bond donors (Lipinski definition) is 1. The molecule has 1 amide bonds. The Kier molecular flexibility index (Phi) is 6.21. The van der Waals surface area contributed by atoms with Gasteiger partial charge in [-0.3, -0.25) is 14.9 Å². The molecule has 0 saturated carbocycles. The van der Waals surface area contributed by atoms with Crippen LogP contribution in [-0.2, 0) is 16.0 Å². The number of nitro groups is 1. The molecule has 1 atom stereocenters. The summed E-state index contributed by atoms with van der Waals surface area (Å²) in [5, 5.41) is 14.6. The molecule has 0 aliphatic heterocycles. The zero-order chi connectivity index (χ0) is 21.7. The highest BCUT2D eigenvalue weighted by atomic mass is 16.6. The Morgan fingerprint density at radius 1 is 1.13 bits per heavy atom. The highest BCUT2D eigenvalue weighted by Gasteiger charge is 2.25. The molecule has 3 rings (SSSR count). The molecule has 0 unspecified atom stereocenters. The number of benzene rings is 2. The molecule has 9 heteroatoms. The molecular formula is C21H19N3O6. The quantitative estimate of drug-likeness (QED) is 0.362. The van der Waals surface area contributed by atoms with Gasteiger partial charge in [0, 0.05) is 29.5 Å². The van der Waals surface area contributed by atoms with Crippen molar-refractivity contribution in [3.05, 3.63) is 76.0 Å². The topological polar surface area (TPSA) is 121 Å². The van der Waals surface area contributed by atoms with E-state index in [-0.39, 0.29) is 17.8 Å². The Morgan fingerprint density at radius 2 is 1.90 bits per heavy atom. The van der Waals surface area contributed by atoms with Crippen LogP contribution in [0.2, 0.25) is 0 Å². The number of para-hydroxylation sites is 1. The van der Waals surface area contributed by atoms with Crippen LogP contribution in [0.5, 0.6) is 5.75 Å². The number of esters is 1. The van der Waals surface area contributed by atoms with Crippen LogP contribution >= 0.6 is 0 Å². The maximum atomic E-state index is 12.7. The van der Waals surface area contributed by atoms with Gasteiger partial charge in [0.25, 0.3) is 11.6 Å². The van der Waals surface area contributed by atoms with E-state index in [9.17, 15) is 19.7 Å². The average molecular weight is 409 g/mol. The van der Waals surface area contributed by atoms with Crippen molar-refractivity contribution in [1.29, 1.82) is 0 Å². The molecule has 1 N–H and O–H groups in total. The number of methoxy groups -OCH3 is 2. The third kappa shape index (κ3) is 4.52. The third-order valence-electron chi connectivity index (χ3n) is 4.52. The number of carbonyl (C=O) groups is 2. The van der Waals surface area contributed by atoms with E-state index in [4.69, 9.17) is 9.47 Å². The second kappa shape index (κ2) is 8.99. The molecule has 0 bridgehead atoms. The van der Waals surface area contributed by atoms with Gasteiger partial charge in [0.2, 0.25) is 0 Å². The number of hydrogen-bond acceptors (Lipinski definition) is 7. The Morgan fingerprint density at radius 3 is 2.60 bits per heavy atom. The van der Waals surface area contributed by atoms with Gasteiger partial charge in [-0.2, -0.15) is 0 Å². The Balaban J connectivity index is 1.87. The monoisotopic (exact) mass is 409 g/mol. The highest BCUT2D eigenvalue weighted by molar-refractivity contribution is 5.97. The fraction of sp³-hybridized carbons (Fsp3) is 0.190. The number of pyridine rings is 1. The lowest BCUT2D eigenvalue weighted by atomic mass is 10.0. The van der Waals surface area contributed by atoms with Gasteiger partial charge in [-0.15, -0.1) is 0 Å². The van der Waals surface area contributed by atoms with Crippen molar-refractivity contribution in [3.63, 3.8) is 0 Å². The molecule has 0 radical (unpaired) electrons. The van der Waals surface area contributed by atoms with E-state index < -0.39 is 22.8 Å². The van der Waals surface area contributed by atoms with E-state index in [1.54, 1.807) is 18.2 Å². The SMILES string of the molecule is COC(=O)[C@@H](Cc1cc([N+](=O)[O-])ccc1OC)NC(=O)c1ccc2ccccc2n1. The number of carbonyl (C=O) groups excluding carboxylic acids is 2. The summed E-state index contributed by atoms with van der Waals surface area (Å²) in [6.07, 6.45) is -0.0587. The van der Waals surface area contributed by atoms with Gasteiger partial charge in [0.05, 0.1) is 24.7 Å². The molecule has 0 saturated heterocycles. The van der Waals surface area contributed by atoms with E-state index >= 15 is 0 Å². The van der Waals surface area contributed by atoms with Gasteiger partial charge in [-0.05, 0) is 18.2 Å². The van der Waals surface area contributed by atoms with Gasteiger partial charge < -0.3 is 14.8 Å². The van der Waals surface area contributed by atoms with Crippen LogP contribution in [-0.4, -0.2) is 42.0 Å². The van der Waals surface area contributed by atoms with E-state index in [2.05, 4.69) is 10.3 Å². The van der Waals surface area contributed by atoms with Gasteiger partial charge in [-0.1, -0.05) is 24.3 Å². The van der Waals surface area contributed by atoms with Crippen molar-refractivity contribution in [3.8, 4) is 5.75 Å². The summed E-state index contributed by atoms with van der Waals surface area (Å²) < 4.78 is 10.0. The maximum Gasteiger partial charge on any atom is 0.328 e. The van der Waals surface area contributed by atoms with Crippen molar-refractivity contribution in [1.82, 2.24) is 10.3 Å². The van der Waals surface area contributed by atoms with Crippen LogP contribution in [0.1, 0.15) is 16.1 Å². The molecule has 0 fully saturated rings. The predicted molar refractivity (Wildman–Crippen MR) is 108 cm³/mol. The van der Waals surface area contributed by atoms with Crippen molar-refractivity contribution in [2.45, 2.75) is 12.5 Å². The van der Waals surface area contributed by atoms with Gasteiger partial charge in [0.15, 0.2) is 0 Å². The lowest BCUT2D eigenvalue weighted by Gasteiger charge is -2.18. The molecule has 0 aliphatic carbocycles. The molecule has 0 aliphatic rings. The molecule has 2 aromatic carbocycles. The van der Waals surface area contributed by atoms with E-state index in [0.29, 0.717) is 16.8 Å². The third-order valence-corrected chi connectivity index (χ3v) is 4.52. The number of aromatic nitrogens is 1. The smallest absolute Gasteiger partial charge is 0.328 e. The summed E-state index contributed by atoms with van der Waals surface area (Å²) in [5.41, 5.74) is 1.000. The van der Waals surface area contributed by atoms with Crippen LogP contribution in [0.3, 0.4) is 0 Å². The second-order valence-corrected chi connectivity index (χ2v) is 6.40. The predicted octanol–water partition coefficient (Wildman–Crippen LogP) is 2.67. The van der Waals surface area contributed by atoms with Crippen molar-refractivity contribution in [2.24, 2.45) is 0 Å². The maximum absolute atomic E-state index is 12.7. The van der Waals surface area contributed by atoms with Crippen LogP contribution in [0.15, 0.2) is 54.6 Å². The van der Waals surface area contributed by atoms with E-state index in [1.807, 2.05) is 18.2 Å². The fourth-order valence-corrected chi connectivity index (χ4v) is 3.02. The second-order valence-electron chi connectivity index (χ2n) is 6.40. The first-order valence-electron chi connectivity index (χ1n) is 8.98. The lowest BCUT2D eigenvalue weighted by molar-refractivity contribution is -0.384. The minimum absolute atomic E-state index is 0.0587. The first-order chi connectivity index (χ1) is 14.4. The Bertz CT molecular complexity index is 1110. The van der Waals surface area contributed by atoms with E-state index in [0.717, 1.165) is 5.39 Å². The lowest BCUT2D eigenvalue weighted by Crippen LogP contribution is -2.43. The van der Waals surface area contributed by atoms with Crippen molar-refractivity contribution >= 4 is 28.5 Å².